The number of carbonyl (C=O) groups is 2. The van der Waals surface area contributed by atoms with Crippen molar-refractivity contribution in [2.45, 2.75) is 32.1 Å². The van der Waals surface area contributed by atoms with Gasteiger partial charge in [-0.1, -0.05) is 11.1 Å². The zero-order valence-electron chi connectivity index (χ0n) is 8.40. The van der Waals surface area contributed by atoms with Gasteiger partial charge < -0.3 is 10.2 Å². The summed E-state index contributed by atoms with van der Waals surface area (Å²) in [5.74, 6) is -3.44. The summed E-state index contributed by atoms with van der Waals surface area (Å²) in [6.45, 7) is 0. The Morgan fingerprint density at radius 1 is 1.07 bits per heavy atom. The fraction of sp³-hybridized carbons (Fsp3) is 0.636. The van der Waals surface area contributed by atoms with Crippen LogP contribution in [0.15, 0.2) is 11.1 Å². The Balaban J connectivity index is 2.33. The average molecular weight is 210 g/mol. The highest BCUT2D eigenvalue weighted by Gasteiger charge is 2.41. The molecule has 0 aromatic rings. The molecule has 4 heteroatoms. The number of hydrogen-bond acceptors (Lipinski definition) is 2. The van der Waals surface area contributed by atoms with Crippen molar-refractivity contribution < 1.29 is 19.8 Å². The summed E-state index contributed by atoms with van der Waals surface area (Å²) in [7, 11) is 0. The van der Waals surface area contributed by atoms with Crippen LogP contribution in [0.2, 0.25) is 0 Å². The lowest BCUT2D eigenvalue weighted by atomic mass is 9.76. The van der Waals surface area contributed by atoms with E-state index in [0.29, 0.717) is 6.42 Å². The molecule has 4 nitrogen and oxygen atoms in total. The lowest BCUT2D eigenvalue weighted by molar-refractivity contribution is -0.152. The number of allylic oxidation sites excluding steroid dienone is 1. The number of carboxylic acid groups (broad SMARTS) is 2. The molecular formula is C11H14O4. The Bertz CT molecular complexity index is 342. The van der Waals surface area contributed by atoms with E-state index < -0.39 is 23.8 Å². The smallest absolute Gasteiger partial charge is 0.311 e. The van der Waals surface area contributed by atoms with E-state index in [9.17, 15) is 9.59 Å². The molecule has 0 saturated heterocycles. The Morgan fingerprint density at radius 3 is 2.40 bits per heavy atom. The molecule has 0 amide bonds. The molecule has 0 unspecified atom stereocenters. The summed E-state index contributed by atoms with van der Waals surface area (Å²) in [6, 6.07) is 0. The van der Waals surface area contributed by atoms with Crippen LogP contribution >= 0.6 is 0 Å². The minimum Gasteiger partial charge on any atom is -0.481 e. The zero-order chi connectivity index (χ0) is 11.0. The standard InChI is InChI=1S/C11H14O4/c12-10(13)8-5-4-6-2-1-3-7(6)9(8)11(14)15/h8-9H,1-5H2,(H,12,13)(H,14,15)/t8-,9+/m0/s1. The van der Waals surface area contributed by atoms with Crippen molar-refractivity contribution in [1.29, 1.82) is 0 Å². The molecule has 2 rings (SSSR count). The fourth-order valence-corrected chi connectivity index (χ4v) is 2.82. The van der Waals surface area contributed by atoms with Crippen molar-refractivity contribution in [1.82, 2.24) is 0 Å². The minimum absolute atomic E-state index is 0.477. The van der Waals surface area contributed by atoms with Crippen molar-refractivity contribution in [3.8, 4) is 0 Å². The van der Waals surface area contributed by atoms with E-state index in [0.717, 1.165) is 31.3 Å². The molecule has 0 heterocycles. The summed E-state index contributed by atoms with van der Waals surface area (Å²) in [4.78, 5) is 22.1. The first-order chi connectivity index (χ1) is 7.11. The number of rotatable bonds is 2. The van der Waals surface area contributed by atoms with E-state index in [-0.39, 0.29) is 0 Å². The third-order valence-electron chi connectivity index (χ3n) is 3.50. The van der Waals surface area contributed by atoms with Gasteiger partial charge in [0.25, 0.3) is 0 Å². The van der Waals surface area contributed by atoms with E-state index >= 15 is 0 Å². The van der Waals surface area contributed by atoms with Crippen LogP contribution in [0.25, 0.3) is 0 Å². The van der Waals surface area contributed by atoms with Gasteiger partial charge in [0.2, 0.25) is 0 Å². The van der Waals surface area contributed by atoms with Gasteiger partial charge in [0, 0.05) is 0 Å². The molecule has 0 fully saturated rings. The molecule has 0 spiro atoms. The molecular weight excluding hydrogens is 196 g/mol. The van der Waals surface area contributed by atoms with E-state index in [1.807, 2.05) is 0 Å². The van der Waals surface area contributed by atoms with E-state index in [1.54, 1.807) is 0 Å². The lowest BCUT2D eigenvalue weighted by Crippen LogP contribution is -2.33. The fourth-order valence-electron chi connectivity index (χ4n) is 2.82. The molecule has 2 aliphatic carbocycles. The largest absolute Gasteiger partial charge is 0.481 e. The highest BCUT2D eigenvalue weighted by atomic mass is 16.4. The SMILES string of the molecule is O=C(O)[C@@H]1C2=C(CCC2)CC[C@@H]1C(=O)O. The second-order valence-electron chi connectivity index (χ2n) is 4.28. The van der Waals surface area contributed by atoms with E-state index in [4.69, 9.17) is 10.2 Å². The molecule has 0 aromatic carbocycles. The van der Waals surface area contributed by atoms with Crippen LogP contribution < -0.4 is 0 Å². The lowest BCUT2D eigenvalue weighted by Gasteiger charge is -2.27. The van der Waals surface area contributed by atoms with Gasteiger partial charge in [-0.15, -0.1) is 0 Å². The number of hydrogen-bond donors (Lipinski definition) is 2. The van der Waals surface area contributed by atoms with Gasteiger partial charge in [-0.05, 0) is 32.1 Å². The minimum atomic E-state index is -0.975. The van der Waals surface area contributed by atoms with E-state index in [1.165, 1.54) is 5.57 Å². The van der Waals surface area contributed by atoms with Gasteiger partial charge in [-0.25, -0.2) is 0 Å². The molecule has 0 aromatic heterocycles. The monoisotopic (exact) mass is 210 g/mol. The number of carboxylic acids is 2. The highest BCUT2D eigenvalue weighted by molar-refractivity contribution is 5.83. The van der Waals surface area contributed by atoms with Crippen LogP contribution in [-0.2, 0) is 9.59 Å². The first-order valence-electron chi connectivity index (χ1n) is 5.27. The first kappa shape index (κ1) is 10.2. The molecule has 2 aliphatic rings. The molecule has 82 valence electrons. The maximum absolute atomic E-state index is 11.1. The third kappa shape index (κ3) is 1.64. The van der Waals surface area contributed by atoms with Gasteiger partial charge in [0.05, 0.1) is 11.8 Å². The van der Waals surface area contributed by atoms with Crippen molar-refractivity contribution in [3.63, 3.8) is 0 Å². The van der Waals surface area contributed by atoms with Gasteiger partial charge in [0.1, 0.15) is 0 Å². The summed E-state index contributed by atoms with van der Waals surface area (Å²) in [6.07, 6.45) is 3.98. The van der Waals surface area contributed by atoms with Gasteiger partial charge in [-0.2, -0.15) is 0 Å². The summed E-state index contributed by atoms with van der Waals surface area (Å²) in [5.41, 5.74) is 2.11. The maximum Gasteiger partial charge on any atom is 0.311 e. The first-order valence-corrected chi connectivity index (χ1v) is 5.27. The highest BCUT2D eigenvalue weighted by Crippen LogP contribution is 2.43. The number of aliphatic carboxylic acids is 2. The van der Waals surface area contributed by atoms with Crippen molar-refractivity contribution >= 4 is 11.9 Å². The van der Waals surface area contributed by atoms with Crippen molar-refractivity contribution in [3.05, 3.63) is 11.1 Å². The summed E-state index contributed by atoms with van der Waals surface area (Å²) >= 11 is 0. The molecule has 0 radical (unpaired) electrons. The topological polar surface area (TPSA) is 74.6 Å². The third-order valence-corrected chi connectivity index (χ3v) is 3.50. The van der Waals surface area contributed by atoms with Crippen LogP contribution in [-0.4, -0.2) is 22.2 Å². The Labute approximate surface area is 87.6 Å². The van der Waals surface area contributed by atoms with Crippen molar-refractivity contribution in [2.24, 2.45) is 11.8 Å². The summed E-state index contributed by atoms with van der Waals surface area (Å²) in [5, 5.41) is 18.1. The van der Waals surface area contributed by atoms with Crippen LogP contribution in [0.5, 0.6) is 0 Å². The van der Waals surface area contributed by atoms with Gasteiger partial charge >= 0.3 is 11.9 Å². The normalized spacial score (nSPS) is 30.1. The second kappa shape index (κ2) is 3.68. The molecule has 0 saturated carbocycles. The van der Waals surface area contributed by atoms with Crippen LogP contribution in [0.1, 0.15) is 32.1 Å². The van der Waals surface area contributed by atoms with Crippen LogP contribution in [0, 0.1) is 11.8 Å². The summed E-state index contributed by atoms with van der Waals surface area (Å²) < 4.78 is 0. The van der Waals surface area contributed by atoms with Crippen LogP contribution in [0.3, 0.4) is 0 Å². The van der Waals surface area contributed by atoms with Gasteiger partial charge in [-0.3, -0.25) is 9.59 Å². The molecule has 15 heavy (non-hydrogen) atoms. The maximum atomic E-state index is 11.1. The average Bonchev–Trinajstić information content (AvgIpc) is 2.62. The second-order valence-corrected chi connectivity index (χ2v) is 4.28. The predicted octanol–water partition coefficient (Wildman–Crippen LogP) is 1.66. The molecule has 2 N–H and O–H groups in total. The predicted molar refractivity (Wildman–Crippen MR) is 52.4 cm³/mol. The quantitative estimate of drug-likeness (QED) is 0.680. The molecule has 0 aliphatic heterocycles. The van der Waals surface area contributed by atoms with Crippen molar-refractivity contribution in [2.75, 3.05) is 0 Å². The molecule has 2 atom stereocenters. The van der Waals surface area contributed by atoms with Gasteiger partial charge in [0.15, 0.2) is 0 Å². The molecule has 0 bridgehead atoms. The zero-order valence-corrected chi connectivity index (χ0v) is 8.40. The Hall–Kier alpha value is -1.32. The Kier molecular flexibility index (Phi) is 2.50. The van der Waals surface area contributed by atoms with E-state index in [2.05, 4.69) is 0 Å². The Morgan fingerprint density at radius 2 is 1.80 bits per heavy atom. The van der Waals surface area contributed by atoms with Crippen LogP contribution in [0.4, 0.5) is 0 Å².